The zero-order chi connectivity index (χ0) is 14.5. The van der Waals surface area contributed by atoms with Crippen LogP contribution in [0.25, 0.3) is 0 Å². The average molecular weight is 416 g/mol. The predicted molar refractivity (Wildman–Crippen MR) is 42.4 cm³/mol. The predicted octanol–water partition coefficient (Wildman–Crippen LogP) is 4.63. The summed E-state index contributed by atoms with van der Waals surface area (Å²) in [5.74, 6) is -22.7. The number of halogens is 13. The molecule has 0 saturated carbocycles. The molecule has 0 aliphatic rings. The van der Waals surface area contributed by atoms with Crippen LogP contribution in [0.15, 0.2) is 0 Å². The molecule has 0 saturated heterocycles. The van der Waals surface area contributed by atoms with Crippen LogP contribution in [0.1, 0.15) is 0 Å². The van der Waals surface area contributed by atoms with Crippen LogP contribution < -0.4 is 0 Å². The van der Waals surface area contributed by atoms with Crippen LogP contribution in [0.3, 0.4) is 0 Å². The van der Waals surface area contributed by atoms with E-state index in [1.165, 1.54) is 0 Å². The third kappa shape index (κ3) is 2.74. The van der Waals surface area contributed by atoms with E-state index in [0.29, 0.717) is 0 Å². The molecule has 0 aromatic heterocycles. The second-order valence-corrected chi connectivity index (χ2v) is 2.72. The van der Waals surface area contributed by atoms with Gasteiger partial charge in [-0.15, -0.1) is 24.0 Å². The summed E-state index contributed by atoms with van der Waals surface area (Å²) in [6.45, 7) is 0. The topological polar surface area (TPSA) is 0 Å². The summed E-state index contributed by atoms with van der Waals surface area (Å²) < 4.78 is 139. The van der Waals surface area contributed by atoms with Gasteiger partial charge in [-0.1, -0.05) is 0 Å². The maximum atomic E-state index is 12.0. The van der Waals surface area contributed by atoms with Gasteiger partial charge in [-0.05, 0) is 0 Å². The van der Waals surface area contributed by atoms with Crippen LogP contribution >= 0.6 is 24.0 Å². The molecule has 0 aliphatic heterocycles. The molecule has 0 atom stereocenters. The summed E-state index contributed by atoms with van der Waals surface area (Å²) in [7, 11) is 0. The van der Waals surface area contributed by atoms with Crippen LogP contribution in [0.2, 0.25) is 0 Å². The molecule has 0 aliphatic carbocycles. The highest BCUT2D eigenvalue weighted by Crippen LogP contribution is 2.57. The first-order valence-electron chi connectivity index (χ1n) is 3.27. The number of alkyl halides is 12. The Hall–Kier alpha value is -0.110. The molecule has 18 heavy (non-hydrogen) atoms. The van der Waals surface area contributed by atoms with Gasteiger partial charge in [0.2, 0.25) is 0 Å². The third-order valence-electron chi connectivity index (χ3n) is 1.50. The van der Waals surface area contributed by atoms with E-state index in [-0.39, 0.29) is 24.0 Å². The van der Waals surface area contributed by atoms with Crippen LogP contribution in [-0.4, -0.2) is 30.1 Å². The van der Waals surface area contributed by atoms with Gasteiger partial charge in [0.1, 0.15) is 0 Å². The van der Waals surface area contributed by atoms with Crippen molar-refractivity contribution >= 4 is 24.0 Å². The van der Waals surface area contributed by atoms with Gasteiger partial charge < -0.3 is 0 Å². The lowest BCUT2D eigenvalue weighted by Crippen LogP contribution is -2.65. The Bertz CT molecular complexity index is 256. The van der Waals surface area contributed by atoms with Crippen molar-refractivity contribution in [3.63, 3.8) is 0 Å². The van der Waals surface area contributed by atoms with E-state index in [1.54, 1.807) is 0 Å². The Morgan fingerprint density at radius 3 is 0.611 bits per heavy atom. The lowest BCUT2D eigenvalue weighted by Gasteiger charge is -2.34. The molecule has 0 spiro atoms. The van der Waals surface area contributed by atoms with E-state index >= 15 is 0 Å². The van der Waals surface area contributed by atoms with Crippen LogP contribution in [0.5, 0.6) is 0 Å². The molecule has 0 amide bonds. The second-order valence-electron chi connectivity index (χ2n) is 2.72. The molecule has 0 heterocycles. The summed E-state index contributed by atoms with van der Waals surface area (Å²) in [5, 5.41) is 0. The fourth-order valence-corrected chi connectivity index (χ4v) is 0.553. The highest BCUT2D eigenvalue weighted by molar-refractivity contribution is 14.0. The first-order valence-corrected chi connectivity index (χ1v) is 3.27. The summed E-state index contributed by atoms with van der Waals surface area (Å²) in [4.78, 5) is 0. The molecule has 0 bridgehead atoms. The Morgan fingerprint density at radius 1 is 0.333 bits per heavy atom. The van der Waals surface area contributed by atoms with Crippen molar-refractivity contribution in [2.45, 2.75) is 30.1 Å². The van der Waals surface area contributed by atoms with Gasteiger partial charge in [-0.25, -0.2) is 0 Å². The Kier molecular flexibility index (Phi) is 5.36. The molecule has 0 rings (SSSR count). The van der Waals surface area contributed by atoms with Crippen molar-refractivity contribution in [3.05, 3.63) is 0 Å². The smallest absolute Gasteiger partial charge is 0.192 e. The summed E-state index contributed by atoms with van der Waals surface area (Å²) in [5.41, 5.74) is 0. The van der Waals surface area contributed by atoms with Gasteiger partial charge >= 0.3 is 30.1 Å². The van der Waals surface area contributed by atoms with Crippen molar-refractivity contribution in [2.24, 2.45) is 0 Å². The maximum Gasteiger partial charge on any atom is 0.460 e. The monoisotopic (exact) mass is 416 g/mol. The fourth-order valence-electron chi connectivity index (χ4n) is 0.553. The van der Waals surface area contributed by atoms with Gasteiger partial charge in [0.25, 0.3) is 0 Å². The molecule has 0 aromatic carbocycles. The minimum absolute atomic E-state index is 0. The summed E-state index contributed by atoms with van der Waals surface area (Å²) in [6, 6.07) is 0. The van der Waals surface area contributed by atoms with E-state index in [0.717, 1.165) is 0 Å². The minimum Gasteiger partial charge on any atom is -0.192 e. The first-order chi connectivity index (χ1) is 7.00. The highest BCUT2D eigenvalue weighted by Gasteiger charge is 2.88. The van der Waals surface area contributed by atoms with Crippen LogP contribution in [-0.2, 0) is 0 Å². The molecule has 0 nitrogen and oxygen atoms in total. The lowest BCUT2D eigenvalue weighted by molar-refractivity contribution is -0.438. The van der Waals surface area contributed by atoms with Crippen molar-refractivity contribution < 1.29 is 52.7 Å². The van der Waals surface area contributed by atoms with Gasteiger partial charge in [-0.2, -0.15) is 52.7 Å². The largest absolute Gasteiger partial charge is 0.460 e. The first kappa shape index (κ1) is 20.2. The Balaban J connectivity index is 0. The minimum atomic E-state index is -7.66. The van der Waals surface area contributed by atoms with Crippen molar-refractivity contribution in [1.82, 2.24) is 0 Å². The van der Waals surface area contributed by atoms with E-state index in [1.807, 2.05) is 0 Å². The Labute approximate surface area is 107 Å². The van der Waals surface area contributed by atoms with E-state index in [4.69, 9.17) is 0 Å². The number of rotatable bonds is 2. The standard InChI is InChI=1S/C5F12.HI/c6-1(7,2(8,9)4(12,13)14)3(10,11)5(15,16)17;/h;1H. The number of hydrogen-bond donors (Lipinski definition) is 0. The lowest BCUT2D eigenvalue weighted by atomic mass is 10.0. The maximum absolute atomic E-state index is 12.0. The highest BCUT2D eigenvalue weighted by atomic mass is 127. The zero-order valence-corrected chi connectivity index (χ0v) is 9.77. The number of hydrogen-bond acceptors (Lipinski definition) is 0. The third-order valence-corrected chi connectivity index (χ3v) is 1.50. The molecule has 0 radical (unpaired) electrons. The van der Waals surface area contributed by atoms with E-state index in [9.17, 15) is 52.7 Å². The molecule has 0 N–H and O–H groups in total. The van der Waals surface area contributed by atoms with E-state index in [2.05, 4.69) is 0 Å². The molecular weight excluding hydrogens is 415 g/mol. The SMILES string of the molecule is FC(F)(F)C(F)(F)C(F)(F)C(F)(F)C(F)(F)F.I. The van der Waals surface area contributed by atoms with E-state index < -0.39 is 30.1 Å². The van der Waals surface area contributed by atoms with Crippen molar-refractivity contribution in [2.75, 3.05) is 0 Å². The zero-order valence-electron chi connectivity index (χ0n) is 7.44. The molecule has 0 aromatic rings. The van der Waals surface area contributed by atoms with Crippen molar-refractivity contribution in [3.8, 4) is 0 Å². The molecular formula is C5HF12I. The normalized spacial score (nSPS) is 15.3. The fraction of sp³-hybridized carbons (Fsp3) is 1.00. The summed E-state index contributed by atoms with van der Waals surface area (Å²) >= 11 is 0. The molecule has 112 valence electrons. The van der Waals surface area contributed by atoms with Crippen molar-refractivity contribution in [1.29, 1.82) is 0 Å². The van der Waals surface area contributed by atoms with Gasteiger partial charge in [0.05, 0.1) is 0 Å². The van der Waals surface area contributed by atoms with Crippen LogP contribution in [0.4, 0.5) is 52.7 Å². The quantitative estimate of drug-likeness (QED) is 0.455. The summed E-state index contributed by atoms with van der Waals surface area (Å²) in [6.07, 6.45) is -14.5. The second kappa shape index (κ2) is 4.77. The molecule has 13 heteroatoms. The Morgan fingerprint density at radius 2 is 0.500 bits per heavy atom. The molecule has 0 fully saturated rings. The van der Waals surface area contributed by atoms with Gasteiger partial charge in [0.15, 0.2) is 0 Å². The van der Waals surface area contributed by atoms with Gasteiger partial charge in [0, 0.05) is 0 Å². The molecule has 0 unspecified atom stereocenters. The average Bonchev–Trinajstić information content (AvgIpc) is 1.98. The van der Waals surface area contributed by atoms with Gasteiger partial charge in [-0.3, -0.25) is 0 Å². The van der Waals surface area contributed by atoms with Crippen LogP contribution in [0, 0.1) is 0 Å².